The molecule has 2 aromatic heterocycles. The Morgan fingerprint density at radius 3 is 2.66 bits per heavy atom. The van der Waals surface area contributed by atoms with E-state index in [0.717, 1.165) is 49.8 Å². The lowest BCUT2D eigenvalue weighted by atomic mass is 9.91. The van der Waals surface area contributed by atoms with Crippen LogP contribution in [0.4, 0.5) is 19.1 Å². The zero-order valence-corrected chi connectivity index (χ0v) is 17.0. The summed E-state index contributed by atoms with van der Waals surface area (Å²) in [5.41, 5.74) is 6.14. The number of aromatic nitrogens is 4. The second-order valence-electron chi connectivity index (χ2n) is 7.33. The van der Waals surface area contributed by atoms with E-state index in [4.69, 9.17) is 17.3 Å². The fourth-order valence-electron chi connectivity index (χ4n) is 3.06. The Morgan fingerprint density at radius 2 is 1.97 bits per heavy atom. The standard InChI is InChI=1S/C18H18ClF3N6S/c1-17(23)4-6-28(7-5-17)16-26-14-15(27-16)25-13(9-24-14)29-12-8-10(18(20,21)22)2-3-11(12)19/h2-3,8-9H,4-7,23H2,1H3,(H,24,25,26,27). The number of imidazole rings is 1. The average molecular weight is 443 g/mol. The molecule has 0 saturated carbocycles. The Bertz CT molecular complexity index is 1040. The molecule has 1 fully saturated rings. The van der Waals surface area contributed by atoms with Crippen LogP contribution in [0, 0.1) is 0 Å². The van der Waals surface area contributed by atoms with Crippen molar-refractivity contribution in [2.75, 3.05) is 18.0 Å². The number of nitrogens with zero attached hydrogens (tertiary/aromatic N) is 4. The van der Waals surface area contributed by atoms with E-state index in [1.807, 2.05) is 6.92 Å². The highest BCUT2D eigenvalue weighted by Crippen LogP contribution is 2.38. The fraction of sp³-hybridized carbons (Fsp3) is 0.389. The van der Waals surface area contributed by atoms with Gasteiger partial charge in [0.15, 0.2) is 11.3 Å². The molecule has 0 aliphatic carbocycles. The predicted octanol–water partition coefficient (Wildman–Crippen LogP) is 4.49. The van der Waals surface area contributed by atoms with Gasteiger partial charge in [0.05, 0.1) is 16.8 Å². The molecule has 0 radical (unpaired) electrons. The van der Waals surface area contributed by atoms with Gasteiger partial charge in [-0.15, -0.1) is 0 Å². The number of H-pyrrole nitrogens is 1. The van der Waals surface area contributed by atoms with Crippen molar-refractivity contribution in [3.05, 3.63) is 35.0 Å². The maximum absolute atomic E-state index is 13.0. The smallest absolute Gasteiger partial charge is 0.342 e. The van der Waals surface area contributed by atoms with Crippen molar-refractivity contribution in [3.63, 3.8) is 0 Å². The molecule has 0 atom stereocenters. The van der Waals surface area contributed by atoms with E-state index in [1.165, 1.54) is 12.3 Å². The molecule has 3 N–H and O–H groups in total. The molecule has 1 aromatic carbocycles. The third-order valence-corrected chi connectivity index (χ3v) is 6.26. The first-order valence-corrected chi connectivity index (χ1v) is 10.1. The topological polar surface area (TPSA) is 83.7 Å². The Hall–Kier alpha value is -2.04. The van der Waals surface area contributed by atoms with Crippen LogP contribution < -0.4 is 10.6 Å². The number of hydrogen-bond acceptors (Lipinski definition) is 6. The van der Waals surface area contributed by atoms with Gasteiger partial charge in [-0.3, -0.25) is 0 Å². The van der Waals surface area contributed by atoms with Crippen molar-refractivity contribution in [2.24, 2.45) is 5.73 Å². The van der Waals surface area contributed by atoms with Crippen LogP contribution in [-0.4, -0.2) is 38.6 Å². The lowest BCUT2D eigenvalue weighted by Crippen LogP contribution is -2.48. The van der Waals surface area contributed by atoms with Gasteiger partial charge in [0.1, 0.15) is 5.03 Å². The Labute approximate surface area is 174 Å². The summed E-state index contributed by atoms with van der Waals surface area (Å²) in [5.74, 6) is 0.662. The van der Waals surface area contributed by atoms with Gasteiger partial charge >= 0.3 is 6.18 Å². The van der Waals surface area contributed by atoms with E-state index in [9.17, 15) is 13.2 Å². The van der Waals surface area contributed by atoms with Crippen molar-refractivity contribution in [3.8, 4) is 0 Å². The molecule has 0 bridgehead atoms. The van der Waals surface area contributed by atoms with E-state index in [0.29, 0.717) is 22.3 Å². The number of benzene rings is 1. The van der Waals surface area contributed by atoms with Gasteiger partial charge in [0.2, 0.25) is 5.95 Å². The van der Waals surface area contributed by atoms with Gasteiger partial charge in [-0.25, -0.2) is 9.97 Å². The number of alkyl halides is 3. The number of nitrogens with two attached hydrogens (primary N) is 1. The Balaban J connectivity index is 1.57. The second kappa shape index (κ2) is 7.33. The minimum atomic E-state index is -4.44. The molecule has 11 heteroatoms. The maximum Gasteiger partial charge on any atom is 0.416 e. The quantitative estimate of drug-likeness (QED) is 0.621. The Morgan fingerprint density at radius 1 is 1.24 bits per heavy atom. The van der Waals surface area contributed by atoms with E-state index >= 15 is 0 Å². The summed E-state index contributed by atoms with van der Waals surface area (Å²) >= 11 is 7.08. The normalized spacial score (nSPS) is 17.1. The van der Waals surface area contributed by atoms with Gasteiger partial charge < -0.3 is 15.6 Å². The number of fused-ring (bicyclic) bond motifs is 1. The van der Waals surface area contributed by atoms with Gasteiger partial charge in [-0.05, 0) is 38.0 Å². The van der Waals surface area contributed by atoms with Gasteiger partial charge in [0, 0.05) is 23.5 Å². The summed E-state index contributed by atoms with van der Waals surface area (Å²) in [7, 11) is 0. The van der Waals surface area contributed by atoms with Gasteiger partial charge in [-0.1, -0.05) is 23.4 Å². The molecule has 1 aliphatic heterocycles. The zero-order chi connectivity index (χ0) is 20.8. The number of nitrogens with one attached hydrogen (secondary N) is 1. The largest absolute Gasteiger partial charge is 0.416 e. The van der Waals surface area contributed by atoms with Crippen LogP contribution in [0.2, 0.25) is 5.02 Å². The van der Waals surface area contributed by atoms with Crippen LogP contribution >= 0.6 is 23.4 Å². The molecule has 154 valence electrons. The molecular weight excluding hydrogens is 425 g/mol. The average Bonchev–Trinajstić information content (AvgIpc) is 3.05. The molecule has 0 unspecified atom stereocenters. The molecule has 0 amide bonds. The van der Waals surface area contributed by atoms with E-state index < -0.39 is 11.7 Å². The molecule has 1 aliphatic rings. The summed E-state index contributed by atoms with van der Waals surface area (Å²) in [5, 5.41) is 0.621. The third kappa shape index (κ3) is 4.44. The second-order valence-corrected chi connectivity index (χ2v) is 8.80. The highest BCUT2D eigenvalue weighted by atomic mass is 35.5. The highest BCUT2D eigenvalue weighted by Gasteiger charge is 2.31. The number of anilines is 1. The van der Waals surface area contributed by atoms with Crippen LogP contribution in [0.15, 0.2) is 34.3 Å². The zero-order valence-electron chi connectivity index (χ0n) is 15.4. The number of hydrogen-bond donors (Lipinski definition) is 2. The van der Waals surface area contributed by atoms with Crippen LogP contribution in [0.1, 0.15) is 25.3 Å². The summed E-state index contributed by atoms with van der Waals surface area (Å²) in [6.07, 6.45) is -1.26. The van der Waals surface area contributed by atoms with E-state index in [2.05, 4.69) is 24.8 Å². The van der Waals surface area contributed by atoms with E-state index in [1.54, 1.807) is 0 Å². The first-order valence-electron chi connectivity index (χ1n) is 8.92. The highest BCUT2D eigenvalue weighted by molar-refractivity contribution is 7.99. The Kier molecular flexibility index (Phi) is 5.12. The summed E-state index contributed by atoms with van der Waals surface area (Å²) in [4.78, 5) is 18.7. The number of piperidine rings is 1. The van der Waals surface area contributed by atoms with Crippen LogP contribution in [0.5, 0.6) is 0 Å². The van der Waals surface area contributed by atoms with E-state index in [-0.39, 0.29) is 15.5 Å². The lowest BCUT2D eigenvalue weighted by molar-refractivity contribution is -0.137. The summed E-state index contributed by atoms with van der Waals surface area (Å²) in [6, 6.07) is 3.19. The number of halogens is 4. The van der Waals surface area contributed by atoms with Crippen LogP contribution in [-0.2, 0) is 6.18 Å². The monoisotopic (exact) mass is 442 g/mol. The molecule has 4 rings (SSSR count). The minimum absolute atomic E-state index is 0.174. The predicted molar refractivity (Wildman–Crippen MR) is 106 cm³/mol. The molecular formula is C18H18ClF3N6S. The SMILES string of the molecule is CC1(N)CCN(c2nc3nc(Sc4cc(C(F)(F)F)ccc4Cl)cnc3[nH]2)CC1. The maximum atomic E-state index is 13.0. The summed E-state index contributed by atoms with van der Waals surface area (Å²) < 4.78 is 38.9. The summed E-state index contributed by atoms with van der Waals surface area (Å²) in [6.45, 7) is 3.58. The van der Waals surface area contributed by atoms with Crippen molar-refractivity contribution in [2.45, 2.75) is 41.4 Å². The fourth-order valence-corrected chi connectivity index (χ4v) is 4.11. The number of rotatable bonds is 3. The van der Waals surface area contributed by atoms with Crippen molar-refractivity contribution in [1.82, 2.24) is 19.9 Å². The van der Waals surface area contributed by atoms with Crippen molar-refractivity contribution in [1.29, 1.82) is 0 Å². The van der Waals surface area contributed by atoms with Gasteiger partial charge in [-0.2, -0.15) is 18.2 Å². The number of aromatic amines is 1. The minimum Gasteiger partial charge on any atom is -0.342 e. The molecule has 3 aromatic rings. The van der Waals surface area contributed by atoms with Crippen LogP contribution in [0.25, 0.3) is 11.3 Å². The molecule has 6 nitrogen and oxygen atoms in total. The lowest BCUT2D eigenvalue weighted by Gasteiger charge is -2.36. The van der Waals surface area contributed by atoms with Crippen molar-refractivity contribution < 1.29 is 13.2 Å². The first-order chi connectivity index (χ1) is 13.6. The third-order valence-electron chi connectivity index (χ3n) is 4.85. The van der Waals surface area contributed by atoms with Crippen LogP contribution in [0.3, 0.4) is 0 Å². The first kappa shape index (κ1) is 20.2. The molecule has 0 spiro atoms. The van der Waals surface area contributed by atoms with Gasteiger partial charge in [0.25, 0.3) is 0 Å². The van der Waals surface area contributed by atoms with Crippen molar-refractivity contribution >= 4 is 40.6 Å². The molecule has 1 saturated heterocycles. The molecule has 3 heterocycles. The molecule has 29 heavy (non-hydrogen) atoms.